The van der Waals surface area contributed by atoms with Crippen molar-refractivity contribution in [2.45, 2.75) is 63.8 Å². The number of hydrogen-bond acceptors (Lipinski definition) is 5. The first-order chi connectivity index (χ1) is 9.98. The summed E-state index contributed by atoms with van der Waals surface area (Å²) in [5, 5.41) is 7.56. The molecule has 1 fully saturated rings. The van der Waals surface area contributed by atoms with Gasteiger partial charge in [0.1, 0.15) is 5.71 Å². The van der Waals surface area contributed by atoms with Gasteiger partial charge in [-0.05, 0) is 19.8 Å². The summed E-state index contributed by atoms with van der Waals surface area (Å²) in [5.41, 5.74) is -0.537. The van der Waals surface area contributed by atoms with Crippen molar-refractivity contribution >= 4 is 29.7 Å². The van der Waals surface area contributed by atoms with Gasteiger partial charge in [-0.15, -0.1) is 0 Å². The highest BCUT2D eigenvalue weighted by Gasteiger charge is 2.24. The zero-order chi connectivity index (χ0) is 15.7. The van der Waals surface area contributed by atoms with Gasteiger partial charge in [0.25, 0.3) is 0 Å². The van der Waals surface area contributed by atoms with E-state index in [4.69, 9.17) is 5.41 Å². The van der Waals surface area contributed by atoms with Crippen LogP contribution < -0.4 is 0 Å². The summed E-state index contributed by atoms with van der Waals surface area (Å²) in [6, 6.07) is 0. The summed E-state index contributed by atoms with van der Waals surface area (Å²) >= 11 is 0. The molecule has 1 saturated carbocycles. The van der Waals surface area contributed by atoms with Gasteiger partial charge in [0.05, 0.1) is 5.54 Å². The first-order valence-corrected chi connectivity index (χ1v) is 7.58. The second-order valence-electron chi connectivity index (χ2n) is 5.79. The average molecular weight is 291 g/mol. The molecule has 0 atom stereocenters. The summed E-state index contributed by atoms with van der Waals surface area (Å²) in [4.78, 5) is 31.5. The molecular weight excluding hydrogens is 266 g/mol. The molecule has 0 heterocycles. The number of Topliss-reactive ketones (excluding diaryl/α,β-unsaturated/α-hetero) is 2. The van der Waals surface area contributed by atoms with Gasteiger partial charge in [0.15, 0.2) is 11.6 Å². The van der Waals surface area contributed by atoms with E-state index in [1.165, 1.54) is 31.9 Å². The molecule has 1 rings (SSSR count). The van der Waals surface area contributed by atoms with Gasteiger partial charge in [-0.3, -0.25) is 20.0 Å². The summed E-state index contributed by atoms with van der Waals surface area (Å²) in [6.07, 6.45) is 9.97. The van der Waals surface area contributed by atoms with Gasteiger partial charge in [-0.1, -0.05) is 25.7 Å². The molecule has 0 saturated heterocycles. The van der Waals surface area contributed by atoms with Crippen LogP contribution in [0, 0.1) is 5.41 Å². The minimum absolute atomic E-state index is 0.00985. The second-order valence-corrected chi connectivity index (χ2v) is 5.79. The molecule has 0 aliphatic heterocycles. The van der Waals surface area contributed by atoms with Gasteiger partial charge in [-0.2, -0.15) is 0 Å². The topological polar surface area (TPSA) is 82.7 Å². The van der Waals surface area contributed by atoms with Gasteiger partial charge in [-0.25, -0.2) is 0 Å². The summed E-state index contributed by atoms with van der Waals surface area (Å²) in [7, 11) is 1.55. The molecule has 0 aromatic heterocycles. The van der Waals surface area contributed by atoms with E-state index >= 15 is 0 Å². The molecule has 21 heavy (non-hydrogen) atoms. The minimum atomic E-state index is -0.486. The molecule has 0 bridgehead atoms. The lowest BCUT2D eigenvalue weighted by Crippen LogP contribution is -2.25. The van der Waals surface area contributed by atoms with Crippen molar-refractivity contribution in [1.82, 2.24) is 0 Å². The second kappa shape index (κ2) is 8.60. The number of nitrogens with one attached hydrogen (secondary N) is 1. The third-order valence-electron chi connectivity index (χ3n) is 3.88. The molecule has 1 aliphatic carbocycles. The molecule has 5 heteroatoms. The first-order valence-electron chi connectivity index (χ1n) is 7.58. The number of nitrogens with zero attached hydrogens (tertiary/aromatic N) is 2. The molecule has 0 radical (unpaired) electrons. The zero-order valence-corrected chi connectivity index (χ0v) is 13.0. The Morgan fingerprint density at radius 2 is 1.57 bits per heavy atom. The predicted octanol–water partition coefficient (Wildman–Crippen LogP) is 2.81. The van der Waals surface area contributed by atoms with Crippen LogP contribution in [0.2, 0.25) is 0 Å². The van der Waals surface area contributed by atoms with Gasteiger partial charge in [0, 0.05) is 32.3 Å². The fourth-order valence-corrected chi connectivity index (χ4v) is 2.50. The number of aliphatic imine (C=N–C) groups is 2. The standard InChI is InChI=1S/C16H25N3O2/c1-16(9-5-3-4-6-10-16)19-12-8-14(21)15(17)13(20)7-11-18-2/h11-12,17H,3-10H2,1-2H3. The van der Waals surface area contributed by atoms with E-state index in [1.807, 2.05) is 0 Å². The van der Waals surface area contributed by atoms with Crippen molar-refractivity contribution in [3.63, 3.8) is 0 Å². The Balaban J connectivity index is 2.49. The van der Waals surface area contributed by atoms with E-state index in [-0.39, 0.29) is 18.4 Å². The van der Waals surface area contributed by atoms with E-state index in [9.17, 15) is 9.59 Å². The quantitative estimate of drug-likeness (QED) is 0.444. The lowest BCUT2D eigenvalue weighted by Gasteiger charge is -2.22. The van der Waals surface area contributed by atoms with Crippen LogP contribution in [0.15, 0.2) is 9.98 Å². The van der Waals surface area contributed by atoms with E-state index in [0.717, 1.165) is 12.8 Å². The molecular formula is C16H25N3O2. The number of hydrogen-bond donors (Lipinski definition) is 1. The Bertz CT molecular complexity index is 444. The highest BCUT2D eigenvalue weighted by Crippen LogP contribution is 2.29. The van der Waals surface area contributed by atoms with Crippen LogP contribution in [0.25, 0.3) is 0 Å². The van der Waals surface area contributed by atoms with Crippen molar-refractivity contribution in [2.75, 3.05) is 7.05 Å². The largest absolute Gasteiger partial charge is 0.300 e. The number of carbonyl (C=O) groups is 2. The Morgan fingerprint density at radius 1 is 1.05 bits per heavy atom. The van der Waals surface area contributed by atoms with Crippen LogP contribution in [-0.2, 0) is 9.59 Å². The number of rotatable bonds is 7. The van der Waals surface area contributed by atoms with E-state index in [1.54, 1.807) is 13.3 Å². The van der Waals surface area contributed by atoms with E-state index in [2.05, 4.69) is 16.9 Å². The SMILES string of the molecule is CN=CCC(=O)C(=N)C(=O)CC=NC1(C)CCCCCC1. The Kier molecular flexibility index (Phi) is 7.12. The molecule has 0 unspecified atom stereocenters. The third kappa shape index (κ3) is 6.10. The van der Waals surface area contributed by atoms with Crippen LogP contribution in [0.5, 0.6) is 0 Å². The van der Waals surface area contributed by atoms with E-state index in [0.29, 0.717) is 0 Å². The molecule has 5 nitrogen and oxygen atoms in total. The van der Waals surface area contributed by atoms with Crippen LogP contribution in [0.1, 0.15) is 58.3 Å². The number of ketones is 2. The normalized spacial score (nSPS) is 18.8. The van der Waals surface area contributed by atoms with E-state index < -0.39 is 17.3 Å². The lowest BCUT2D eigenvalue weighted by molar-refractivity contribution is -0.115. The summed E-state index contributed by atoms with van der Waals surface area (Å²) in [6.45, 7) is 2.12. The highest BCUT2D eigenvalue weighted by atomic mass is 16.1. The maximum Gasteiger partial charge on any atom is 0.189 e. The van der Waals surface area contributed by atoms with Gasteiger partial charge in [0.2, 0.25) is 0 Å². The molecule has 0 aromatic carbocycles. The van der Waals surface area contributed by atoms with Crippen LogP contribution in [0.4, 0.5) is 0 Å². The minimum Gasteiger partial charge on any atom is -0.300 e. The van der Waals surface area contributed by atoms with Crippen LogP contribution in [0.3, 0.4) is 0 Å². The van der Waals surface area contributed by atoms with Crippen molar-refractivity contribution in [1.29, 1.82) is 5.41 Å². The molecule has 116 valence electrons. The molecule has 0 aromatic rings. The van der Waals surface area contributed by atoms with Crippen molar-refractivity contribution < 1.29 is 9.59 Å². The lowest BCUT2D eigenvalue weighted by atomic mass is 9.93. The van der Waals surface area contributed by atoms with Crippen molar-refractivity contribution in [2.24, 2.45) is 9.98 Å². The van der Waals surface area contributed by atoms with Crippen molar-refractivity contribution in [3.8, 4) is 0 Å². The maximum absolute atomic E-state index is 11.8. The first kappa shape index (κ1) is 17.4. The maximum atomic E-state index is 11.8. The fourth-order valence-electron chi connectivity index (χ4n) is 2.50. The zero-order valence-electron chi connectivity index (χ0n) is 13.0. The Hall–Kier alpha value is -1.65. The summed E-state index contributed by atoms with van der Waals surface area (Å²) < 4.78 is 0. The third-order valence-corrected chi connectivity index (χ3v) is 3.88. The predicted molar refractivity (Wildman–Crippen MR) is 86.0 cm³/mol. The van der Waals surface area contributed by atoms with Crippen molar-refractivity contribution in [3.05, 3.63) is 0 Å². The Morgan fingerprint density at radius 3 is 2.10 bits per heavy atom. The van der Waals surface area contributed by atoms with Crippen LogP contribution in [-0.4, -0.2) is 42.3 Å². The monoisotopic (exact) mass is 291 g/mol. The molecule has 0 amide bonds. The average Bonchev–Trinajstić information content (AvgIpc) is 2.68. The molecule has 1 aliphatic rings. The summed E-state index contributed by atoms with van der Waals surface area (Å²) in [5.74, 6) is -0.954. The smallest absolute Gasteiger partial charge is 0.189 e. The number of carbonyl (C=O) groups excluding carboxylic acids is 2. The van der Waals surface area contributed by atoms with Crippen LogP contribution >= 0.6 is 0 Å². The highest BCUT2D eigenvalue weighted by molar-refractivity contribution is 6.66. The van der Waals surface area contributed by atoms with Gasteiger partial charge < -0.3 is 4.99 Å². The van der Waals surface area contributed by atoms with Gasteiger partial charge >= 0.3 is 0 Å². The Labute approximate surface area is 126 Å². The molecule has 0 spiro atoms. The fraction of sp³-hybridized carbons (Fsp3) is 0.688. The molecule has 1 N–H and O–H groups in total.